The van der Waals surface area contributed by atoms with Crippen molar-refractivity contribution >= 4 is 23.2 Å². The number of halogens is 2. The second kappa shape index (κ2) is 5.95. The summed E-state index contributed by atoms with van der Waals surface area (Å²) in [4.78, 5) is 0. The minimum Gasteiger partial charge on any atom is -0.316 e. The molecule has 0 atom stereocenters. The van der Waals surface area contributed by atoms with Crippen LogP contribution in [0.4, 0.5) is 0 Å². The fraction of sp³-hybridized carbons (Fsp3) is 0.357. The van der Waals surface area contributed by atoms with Crippen molar-refractivity contribution in [1.82, 2.24) is 15.1 Å². The van der Waals surface area contributed by atoms with Gasteiger partial charge in [0.1, 0.15) is 0 Å². The summed E-state index contributed by atoms with van der Waals surface area (Å²) in [7, 11) is 1.94. The molecule has 0 saturated carbocycles. The van der Waals surface area contributed by atoms with Crippen molar-refractivity contribution in [3.63, 3.8) is 0 Å². The molecule has 0 bridgehead atoms. The van der Waals surface area contributed by atoms with E-state index in [-0.39, 0.29) is 0 Å². The molecule has 102 valence electrons. The predicted molar refractivity (Wildman–Crippen MR) is 80.0 cm³/mol. The van der Waals surface area contributed by atoms with E-state index < -0.39 is 0 Å². The van der Waals surface area contributed by atoms with Gasteiger partial charge in [0.25, 0.3) is 0 Å². The highest BCUT2D eigenvalue weighted by Crippen LogP contribution is 2.23. The molecule has 0 saturated heterocycles. The average Bonchev–Trinajstić information content (AvgIpc) is 2.62. The second-order valence-electron chi connectivity index (χ2n) is 4.59. The van der Waals surface area contributed by atoms with Crippen LogP contribution in [0.25, 0.3) is 0 Å². The lowest BCUT2D eigenvalue weighted by atomic mass is 10.2. The summed E-state index contributed by atoms with van der Waals surface area (Å²) in [5.41, 5.74) is 4.59. The smallest absolute Gasteiger partial charge is 0.0663 e. The molecule has 0 aliphatic rings. The standard InChI is InChI=1S/C14H17Cl2N3/c1-9-12(7-17-3)10(2)19(18-9)8-11-4-5-13(15)14(16)6-11/h4-6,17H,7-8H2,1-3H3. The molecule has 0 aliphatic carbocycles. The van der Waals surface area contributed by atoms with Crippen molar-refractivity contribution in [3.8, 4) is 0 Å². The third-order valence-corrected chi connectivity index (χ3v) is 3.94. The summed E-state index contributed by atoms with van der Waals surface area (Å²) in [6.45, 7) is 5.65. The summed E-state index contributed by atoms with van der Waals surface area (Å²) in [5.74, 6) is 0. The van der Waals surface area contributed by atoms with Gasteiger partial charge in [-0.15, -0.1) is 0 Å². The van der Waals surface area contributed by atoms with E-state index in [1.165, 1.54) is 11.3 Å². The first-order valence-corrected chi connectivity index (χ1v) is 6.90. The van der Waals surface area contributed by atoms with Crippen LogP contribution in [0.5, 0.6) is 0 Å². The Morgan fingerprint density at radius 2 is 1.95 bits per heavy atom. The Morgan fingerprint density at radius 3 is 2.58 bits per heavy atom. The molecule has 3 nitrogen and oxygen atoms in total. The van der Waals surface area contributed by atoms with E-state index in [1.807, 2.05) is 36.9 Å². The monoisotopic (exact) mass is 297 g/mol. The molecule has 0 spiro atoms. The molecule has 0 amide bonds. The molecule has 0 aliphatic heterocycles. The molecule has 1 N–H and O–H groups in total. The lowest BCUT2D eigenvalue weighted by Crippen LogP contribution is -2.08. The molecule has 0 fully saturated rings. The summed E-state index contributed by atoms with van der Waals surface area (Å²) < 4.78 is 2.00. The first-order chi connectivity index (χ1) is 9.02. The molecule has 2 rings (SSSR count). The normalized spacial score (nSPS) is 11.0. The summed E-state index contributed by atoms with van der Waals surface area (Å²) in [6, 6.07) is 5.68. The predicted octanol–water partition coefficient (Wildman–Crippen LogP) is 3.57. The quantitative estimate of drug-likeness (QED) is 0.935. The Balaban J connectivity index is 2.28. The fourth-order valence-corrected chi connectivity index (χ4v) is 2.45. The van der Waals surface area contributed by atoms with E-state index in [0.29, 0.717) is 16.6 Å². The molecule has 2 aromatic rings. The van der Waals surface area contributed by atoms with Crippen molar-refractivity contribution in [2.45, 2.75) is 26.9 Å². The highest BCUT2D eigenvalue weighted by molar-refractivity contribution is 6.42. The number of rotatable bonds is 4. The summed E-state index contributed by atoms with van der Waals surface area (Å²) in [6.07, 6.45) is 0. The molecule has 19 heavy (non-hydrogen) atoms. The van der Waals surface area contributed by atoms with Crippen LogP contribution in [-0.2, 0) is 13.1 Å². The Labute approximate surface area is 123 Å². The number of aromatic nitrogens is 2. The number of benzene rings is 1. The summed E-state index contributed by atoms with van der Waals surface area (Å²) in [5, 5.41) is 8.90. The zero-order valence-corrected chi connectivity index (χ0v) is 12.8. The lowest BCUT2D eigenvalue weighted by Gasteiger charge is -2.07. The van der Waals surface area contributed by atoms with Crippen LogP contribution in [0, 0.1) is 13.8 Å². The van der Waals surface area contributed by atoms with Crippen LogP contribution in [-0.4, -0.2) is 16.8 Å². The molecule has 5 heteroatoms. The van der Waals surface area contributed by atoms with Crippen molar-refractivity contribution in [3.05, 3.63) is 50.8 Å². The minimum absolute atomic E-state index is 0.578. The maximum Gasteiger partial charge on any atom is 0.0663 e. The second-order valence-corrected chi connectivity index (χ2v) is 5.40. The van der Waals surface area contributed by atoms with Gasteiger partial charge in [-0.05, 0) is 38.6 Å². The molecule has 1 aromatic carbocycles. The van der Waals surface area contributed by atoms with E-state index in [4.69, 9.17) is 23.2 Å². The zero-order valence-electron chi connectivity index (χ0n) is 11.3. The van der Waals surface area contributed by atoms with Crippen LogP contribution in [0.2, 0.25) is 10.0 Å². The average molecular weight is 298 g/mol. The van der Waals surface area contributed by atoms with Crippen LogP contribution in [0.1, 0.15) is 22.5 Å². The summed E-state index contributed by atoms with van der Waals surface area (Å²) >= 11 is 12.0. The minimum atomic E-state index is 0.578. The highest BCUT2D eigenvalue weighted by atomic mass is 35.5. The van der Waals surface area contributed by atoms with Gasteiger partial charge < -0.3 is 5.32 Å². The van der Waals surface area contributed by atoms with Gasteiger partial charge in [-0.1, -0.05) is 29.3 Å². The Bertz CT molecular complexity index is 591. The lowest BCUT2D eigenvalue weighted by molar-refractivity contribution is 0.657. The largest absolute Gasteiger partial charge is 0.316 e. The maximum atomic E-state index is 6.03. The zero-order chi connectivity index (χ0) is 14.0. The van der Waals surface area contributed by atoms with Gasteiger partial charge in [0, 0.05) is 17.8 Å². The number of nitrogens with zero attached hydrogens (tertiary/aromatic N) is 2. The van der Waals surface area contributed by atoms with E-state index >= 15 is 0 Å². The van der Waals surface area contributed by atoms with Crippen molar-refractivity contribution < 1.29 is 0 Å². The first-order valence-electron chi connectivity index (χ1n) is 6.14. The van der Waals surface area contributed by atoms with Crippen LogP contribution in [0.3, 0.4) is 0 Å². The van der Waals surface area contributed by atoms with E-state index in [0.717, 1.165) is 17.8 Å². The van der Waals surface area contributed by atoms with Gasteiger partial charge in [-0.3, -0.25) is 4.68 Å². The first kappa shape index (κ1) is 14.4. The van der Waals surface area contributed by atoms with Gasteiger partial charge in [-0.2, -0.15) is 5.10 Å². The van der Waals surface area contributed by atoms with Gasteiger partial charge in [-0.25, -0.2) is 0 Å². The van der Waals surface area contributed by atoms with E-state index in [1.54, 1.807) is 0 Å². The number of aryl methyl sites for hydroxylation is 1. The third kappa shape index (κ3) is 3.11. The third-order valence-electron chi connectivity index (χ3n) is 3.20. The Hall–Kier alpha value is -1.03. The molecule has 0 unspecified atom stereocenters. The van der Waals surface area contributed by atoms with E-state index in [2.05, 4.69) is 17.3 Å². The molecular formula is C14H17Cl2N3. The van der Waals surface area contributed by atoms with Crippen molar-refractivity contribution in [2.24, 2.45) is 0 Å². The number of hydrogen-bond donors (Lipinski definition) is 1. The topological polar surface area (TPSA) is 29.9 Å². The number of nitrogens with one attached hydrogen (secondary N) is 1. The molecule has 1 aromatic heterocycles. The van der Waals surface area contributed by atoms with Crippen molar-refractivity contribution in [2.75, 3.05) is 7.05 Å². The van der Waals surface area contributed by atoms with Crippen LogP contribution < -0.4 is 5.32 Å². The molecule has 0 radical (unpaired) electrons. The van der Waals surface area contributed by atoms with Gasteiger partial charge >= 0.3 is 0 Å². The van der Waals surface area contributed by atoms with Crippen LogP contribution in [0.15, 0.2) is 18.2 Å². The van der Waals surface area contributed by atoms with Crippen molar-refractivity contribution in [1.29, 1.82) is 0 Å². The van der Waals surface area contributed by atoms with Gasteiger partial charge in [0.05, 0.1) is 22.3 Å². The Morgan fingerprint density at radius 1 is 1.21 bits per heavy atom. The SMILES string of the molecule is CNCc1c(C)nn(Cc2ccc(Cl)c(Cl)c2)c1C. The van der Waals surface area contributed by atoms with Gasteiger partial charge in [0.15, 0.2) is 0 Å². The van der Waals surface area contributed by atoms with Gasteiger partial charge in [0.2, 0.25) is 0 Å². The van der Waals surface area contributed by atoms with Crippen LogP contribution >= 0.6 is 23.2 Å². The molecule has 1 heterocycles. The fourth-order valence-electron chi connectivity index (χ4n) is 2.13. The highest BCUT2D eigenvalue weighted by Gasteiger charge is 2.11. The Kier molecular flexibility index (Phi) is 4.50. The molecular weight excluding hydrogens is 281 g/mol. The van der Waals surface area contributed by atoms with E-state index in [9.17, 15) is 0 Å². The number of hydrogen-bond acceptors (Lipinski definition) is 2. The maximum absolute atomic E-state index is 6.03.